The van der Waals surface area contributed by atoms with Gasteiger partial charge in [-0.15, -0.1) is 0 Å². The first-order valence-corrected chi connectivity index (χ1v) is 7.14. The molecule has 0 saturated heterocycles. The number of hydrogen-bond acceptors (Lipinski definition) is 6. The maximum absolute atomic E-state index is 11.6. The van der Waals surface area contributed by atoms with Crippen LogP contribution >= 0.6 is 7.60 Å². The molecule has 0 aliphatic heterocycles. The Bertz CT molecular complexity index is 341. The third-order valence-electron chi connectivity index (χ3n) is 2.18. The maximum atomic E-state index is 11.6. The quantitative estimate of drug-likeness (QED) is 0.364. The smallest absolute Gasteiger partial charge is 0.337 e. The Hall–Kier alpha value is -0.970. The average Bonchev–Trinajstić information content (AvgIpc) is 2.37. The fourth-order valence-corrected chi connectivity index (χ4v) is 2.09. The summed E-state index contributed by atoms with van der Waals surface area (Å²) in [5.74, 6) is -0.536. The second kappa shape index (κ2) is 9.03. The molecule has 7 heteroatoms. The topological polar surface area (TPSA) is 78.9 Å². The number of ketones is 1. The third-order valence-corrected chi connectivity index (χ3v) is 4.03. The van der Waals surface area contributed by atoms with Crippen molar-refractivity contribution in [2.45, 2.75) is 19.3 Å². The lowest BCUT2D eigenvalue weighted by Crippen LogP contribution is -2.06. The van der Waals surface area contributed by atoms with E-state index in [1.54, 1.807) is 12.2 Å². The highest BCUT2D eigenvalue weighted by Crippen LogP contribution is 2.46. The number of esters is 1. The standard InChI is InChI=1S/C11H19O6P/c1-15-11(13)8-6-4-5-7-10(12)9-18(14,16-2)17-3/h4-5H,6-9H2,1-3H3/b5-4-. The molecule has 0 heterocycles. The number of Topliss-reactive ketones (excluding diaryl/α,β-unsaturated/α-hetero) is 1. The molecule has 0 rings (SSSR count). The van der Waals surface area contributed by atoms with E-state index in [0.717, 1.165) is 0 Å². The van der Waals surface area contributed by atoms with Crippen LogP contribution in [0.15, 0.2) is 12.2 Å². The van der Waals surface area contributed by atoms with E-state index in [0.29, 0.717) is 6.42 Å². The summed E-state index contributed by atoms with van der Waals surface area (Å²) in [6, 6.07) is 0. The number of methoxy groups -OCH3 is 1. The minimum atomic E-state index is -3.27. The molecule has 6 nitrogen and oxygen atoms in total. The summed E-state index contributed by atoms with van der Waals surface area (Å²) >= 11 is 0. The molecular formula is C11H19O6P. The molecular weight excluding hydrogens is 259 g/mol. The summed E-state index contributed by atoms with van der Waals surface area (Å²) in [7, 11) is 0.531. The van der Waals surface area contributed by atoms with Crippen molar-refractivity contribution >= 4 is 19.3 Å². The van der Waals surface area contributed by atoms with Gasteiger partial charge in [0.15, 0.2) is 0 Å². The van der Waals surface area contributed by atoms with Gasteiger partial charge in [-0.2, -0.15) is 0 Å². The number of hydrogen-bond donors (Lipinski definition) is 0. The second-order valence-corrected chi connectivity index (χ2v) is 5.73. The van der Waals surface area contributed by atoms with E-state index in [1.165, 1.54) is 21.3 Å². The summed E-state index contributed by atoms with van der Waals surface area (Å²) in [6.07, 6.45) is 4.00. The summed E-state index contributed by atoms with van der Waals surface area (Å²) < 4.78 is 25.4. The van der Waals surface area contributed by atoms with Crippen molar-refractivity contribution in [3.05, 3.63) is 12.2 Å². The highest BCUT2D eigenvalue weighted by atomic mass is 31.2. The molecule has 0 fully saturated rings. The van der Waals surface area contributed by atoms with Crippen molar-refractivity contribution in [2.24, 2.45) is 0 Å². The monoisotopic (exact) mass is 278 g/mol. The van der Waals surface area contributed by atoms with Gasteiger partial charge in [0.1, 0.15) is 11.9 Å². The van der Waals surface area contributed by atoms with Gasteiger partial charge in [-0.1, -0.05) is 12.2 Å². The zero-order chi connectivity index (χ0) is 14.0. The minimum absolute atomic E-state index is 0.137. The number of rotatable bonds is 9. The van der Waals surface area contributed by atoms with Crippen molar-refractivity contribution in [2.75, 3.05) is 27.5 Å². The van der Waals surface area contributed by atoms with Crippen LogP contribution in [0.25, 0.3) is 0 Å². The van der Waals surface area contributed by atoms with Gasteiger partial charge >= 0.3 is 13.6 Å². The van der Waals surface area contributed by atoms with E-state index in [2.05, 4.69) is 13.8 Å². The van der Waals surface area contributed by atoms with Crippen LogP contribution in [0.2, 0.25) is 0 Å². The van der Waals surface area contributed by atoms with E-state index >= 15 is 0 Å². The average molecular weight is 278 g/mol. The molecule has 0 bridgehead atoms. The normalized spacial score (nSPS) is 11.7. The lowest BCUT2D eigenvalue weighted by molar-refractivity contribution is -0.140. The van der Waals surface area contributed by atoms with Crippen LogP contribution in [0.5, 0.6) is 0 Å². The summed E-state index contributed by atoms with van der Waals surface area (Å²) in [5.41, 5.74) is 0. The maximum Gasteiger partial charge on any atom is 0.337 e. The molecule has 0 unspecified atom stereocenters. The molecule has 0 radical (unpaired) electrons. The Morgan fingerprint density at radius 3 is 2.22 bits per heavy atom. The van der Waals surface area contributed by atoms with Crippen molar-refractivity contribution in [3.63, 3.8) is 0 Å². The first-order valence-electron chi connectivity index (χ1n) is 5.41. The highest BCUT2D eigenvalue weighted by Gasteiger charge is 2.24. The number of carbonyl (C=O) groups is 2. The molecule has 0 N–H and O–H groups in total. The molecule has 0 spiro atoms. The summed E-state index contributed by atoms with van der Waals surface area (Å²) in [4.78, 5) is 22.2. The molecule has 0 aromatic heterocycles. The molecule has 0 aliphatic carbocycles. The Morgan fingerprint density at radius 2 is 1.72 bits per heavy atom. The molecule has 0 amide bonds. The Labute approximate surface area is 107 Å². The van der Waals surface area contributed by atoms with Gasteiger partial charge in [0, 0.05) is 27.1 Å². The predicted octanol–water partition coefficient (Wildman–Crippen LogP) is 1.94. The van der Waals surface area contributed by atoms with Gasteiger partial charge in [-0.3, -0.25) is 14.2 Å². The fourth-order valence-electron chi connectivity index (χ4n) is 1.12. The van der Waals surface area contributed by atoms with Gasteiger partial charge in [0.05, 0.1) is 7.11 Å². The Balaban J connectivity index is 3.93. The molecule has 0 aromatic carbocycles. The van der Waals surface area contributed by atoms with Crippen LogP contribution in [0.4, 0.5) is 0 Å². The molecule has 0 aromatic rings. The first kappa shape index (κ1) is 17.0. The highest BCUT2D eigenvalue weighted by molar-refractivity contribution is 7.54. The van der Waals surface area contributed by atoms with Crippen LogP contribution in [0.3, 0.4) is 0 Å². The molecule has 0 aliphatic rings. The van der Waals surface area contributed by atoms with Crippen LogP contribution in [0.1, 0.15) is 19.3 Å². The van der Waals surface area contributed by atoms with Crippen molar-refractivity contribution in [1.82, 2.24) is 0 Å². The first-order chi connectivity index (χ1) is 8.47. The van der Waals surface area contributed by atoms with E-state index in [-0.39, 0.29) is 30.8 Å². The van der Waals surface area contributed by atoms with Gasteiger partial charge in [-0.25, -0.2) is 0 Å². The Morgan fingerprint density at radius 1 is 1.11 bits per heavy atom. The van der Waals surface area contributed by atoms with E-state index in [9.17, 15) is 14.2 Å². The minimum Gasteiger partial charge on any atom is -0.469 e. The number of ether oxygens (including phenoxy) is 1. The van der Waals surface area contributed by atoms with Crippen LogP contribution in [0, 0.1) is 0 Å². The third kappa shape index (κ3) is 7.37. The van der Waals surface area contributed by atoms with E-state index in [4.69, 9.17) is 0 Å². The molecule has 18 heavy (non-hydrogen) atoms. The molecule has 0 atom stereocenters. The van der Waals surface area contributed by atoms with Crippen molar-refractivity contribution < 1.29 is 27.9 Å². The lowest BCUT2D eigenvalue weighted by Gasteiger charge is -2.11. The SMILES string of the molecule is COC(=O)CC/C=C\CC(=O)CP(=O)(OC)OC. The van der Waals surface area contributed by atoms with Crippen molar-refractivity contribution in [1.29, 1.82) is 0 Å². The predicted molar refractivity (Wildman–Crippen MR) is 66.5 cm³/mol. The second-order valence-electron chi connectivity index (χ2n) is 3.46. The number of allylic oxidation sites excluding steroid dienone is 2. The molecule has 104 valence electrons. The largest absolute Gasteiger partial charge is 0.469 e. The number of carbonyl (C=O) groups excluding carboxylic acids is 2. The lowest BCUT2D eigenvalue weighted by atomic mass is 10.2. The van der Waals surface area contributed by atoms with Crippen LogP contribution < -0.4 is 0 Å². The van der Waals surface area contributed by atoms with Gasteiger partial charge in [0.2, 0.25) is 0 Å². The van der Waals surface area contributed by atoms with E-state index in [1.807, 2.05) is 0 Å². The van der Waals surface area contributed by atoms with Gasteiger partial charge < -0.3 is 13.8 Å². The zero-order valence-corrected chi connectivity index (χ0v) is 11.8. The van der Waals surface area contributed by atoms with E-state index < -0.39 is 7.60 Å². The zero-order valence-electron chi connectivity index (χ0n) is 10.9. The van der Waals surface area contributed by atoms with Crippen LogP contribution in [-0.2, 0) is 27.9 Å². The summed E-state index contributed by atoms with van der Waals surface area (Å²) in [6.45, 7) is 0. The summed E-state index contributed by atoms with van der Waals surface area (Å²) in [5, 5.41) is 0. The van der Waals surface area contributed by atoms with Gasteiger partial charge in [0.25, 0.3) is 0 Å². The molecule has 0 saturated carbocycles. The Kier molecular flexibility index (Phi) is 8.54. The fraction of sp³-hybridized carbons (Fsp3) is 0.636. The van der Waals surface area contributed by atoms with Crippen LogP contribution in [-0.4, -0.2) is 39.2 Å². The van der Waals surface area contributed by atoms with Crippen molar-refractivity contribution in [3.8, 4) is 0 Å². The van der Waals surface area contributed by atoms with Gasteiger partial charge in [-0.05, 0) is 6.42 Å².